The molecule has 214 valence electrons. The minimum Gasteiger partial charge on any atom is -0.460 e. The van der Waals surface area contributed by atoms with Crippen LogP contribution in [0.25, 0.3) is 15.7 Å². The second-order valence-corrected chi connectivity index (χ2v) is 12.1. The molecule has 2 atom stereocenters. The zero-order valence-corrected chi connectivity index (χ0v) is 24.2. The van der Waals surface area contributed by atoms with E-state index in [1.807, 2.05) is 32.0 Å². The van der Waals surface area contributed by atoms with Crippen molar-refractivity contribution in [2.24, 2.45) is 0 Å². The maximum absolute atomic E-state index is 12.8. The topological polar surface area (TPSA) is 88.2 Å². The van der Waals surface area contributed by atoms with Crippen LogP contribution in [0.2, 0.25) is 0 Å². The van der Waals surface area contributed by atoms with Crippen LogP contribution in [0.5, 0.6) is 5.75 Å². The standard InChI is InChI=1S/C28H32F3N5O2S2/c1-17(2)39-26(23-11-13-33-27(35-23)34-20-8-7-12-32-15-20)19(4)38-25-18(3)14-24(21-9-5-6-10-22(21)25)36-40(37)16-28(29,30)31/h5-6,9-11,13-14,20,32,36H,1,7-8,12,15-16H2,2-4H3,(H,33,34,35)/b26-19+. The number of aryl methyl sites for hydroxylation is 1. The van der Waals surface area contributed by atoms with Crippen LogP contribution in [0.3, 0.4) is 0 Å². The Hall–Kier alpha value is -3.09. The van der Waals surface area contributed by atoms with Crippen LogP contribution in [-0.2, 0) is 11.0 Å². The number of benzene rings is 2. The van der Waals surface area contributed by atoms with Gasteiger partial charge in [0.15, 0.2) is 0 Å². The molecule has 1 aromatic heterocycles. The Labute approximate surface area is 238 Å². The third kappa shape index (κ3) is 7.98. The van der Waals surface area contributed by atoms with Crippen LogP contribution in [0, 0.1) is 6.92 Å². The van der Waals surface area contributed by atoms with Crippen molar-refractivity contribution in [3.8, 4) is 5.75 Å². The number of hydrogen-bond acceptors (Lipinski definition) is 7. The summed E-state index contributed by atoms with van der Waals surface area (Å²) >= 11 is 1.43. The Balaban J connectivity index is 1.68. The van der Waals surface area contributed by atoms with Crippen molar-refractivity contribution in [3.63, 3.8) is 0 Å². The van der Waals surface area contributed by atoms with Crippen LogP contribution in [0.15, 0.2) is 59.8 Å². The summed E-state index contributed by atoms with van der Waals surface area (Å²) in [7, 11) is -2.33. The molecule has 3 N–H and O–H groups in total. The highest BCUT2D eigenvalue weighted by Crippen LogP contribution is 2.40. The Morgan fingerprint density at radius 2 is 2.00 bits per heavy atom. The van der Waals surface area contributed by atoms with Crippen LogP contribution in [0.4, 0.5) is 24.8 Å². The molecular formula is C28H32F3N5O2S2. The van der Waals surface area contributed by atoms with Crippen molar-refractivity contribution in [1.29, 1.82) is 0 Å². The maximum atomic E-state index is 12.8. The number of nitrogens with zero attached hydrogens (tertiary/aromatic N) is 2. The zero-order chi connectivity index (χ0) is 28.9. The van der Waals surface area contributed by atoms with Gasteiger partial charge in [0.05, 0.1) is 16.3 Å². The summed E-state index contributed by atoms with van der Waals surface area (Å²) in [5, 5.41) is 8.04. The number of piperidine rings is 1. The summed E-state index contributed by atoms with van der Waals surface area (Å²) in [6.07, 6.45) is -0.724. The van der Waals surface area contributed by atoms with Crippen molar-refractivity contribution in [1.82, 2.24) is 15.3 Å². The first-order chi connectivity index (χ1) is 19.0. The molecule has 0 bridgehead atoms. The fraction of sp³-hybridized carbons (Fsp3) is 0.357. The Morgan fingerprint density at radius 3 is 2.67 bits per heavy atom. The molecular weight excluding hydrogens is 559 g/mol. The number of rotatable bonds is 10. The summed E-state index contributed by atoms with van der Waals surface area (Å²) < 4.78 is 59.5. The van der Waals surface area contributed by atoms with E-state index in [-0.39, 0.29) is 6.04 Å². The molecule has 40 heavy (non-hydrogen) atoms. The summed E-state index contributed by atoms with van der Waals surface area (Å²) in [5.74, 6) is 0.199. The fourth-order valence-corrected chi connectivity index (χ4v) is 5.94. The van der Waals surface area contributed by atoms with Gasteiger partial charge in [-0.2, -0.15) is 13.2 Å². The number of nitrogens with one attached hydrogen (secondary N) is 3. The van der Waals surface area contributed by atoms with Gasteiger partial charge in [-0.1, -0.05) is 42.6 Å². The monoisotopic (exact) mass is 591 g/mol. The average molecular weight is 592 g/mol. The van der Waals surface area contributed by atoms with Gasteiger partial charge in [-0.3, -0.25) is 0 Å². The van der Waals surface area contributed by atoms with E-state index in [1.54, 1.807) is 31.3 Å². The van der Waals surface area contributed by atoms with Crippen molar-refractivity contribution < 1.29 is 22.1 Å². The number of halogens is 3. The lowest BCUT2D eigenvalue weighted by molar-refractivity contribution is -0.105. The molecule has 0 saturated carbocycles. The van der Waals surface area contributed by atoms with Gasteiger partial charge < -0.3 is 20.1 Å². The van der Waals surface area contributed by atoms with E-state index in [4.69, 9.17) is 9.72 Å². The van der Waals surface area contributed by atoms with E-state index in [9.17, 15) is 17.4 Å². The minimum absolute atomic E-state index is 0.245. The predicted octanol–water partition coefficient (Wildman–Crippen LogP) is 6.77. The molecule has 2 aromatic carbocycles. The summed E-state index contributed by atoms with van der Waals surface area (Å²) in [5.41, 5.74) is 1.68. The third-order valence-corrected chi connectivity index (χ3v) is 8.16. The lowest BCUT2D eigenvalue weighted by Gasteiger charge is -2.24. The van der Waals surface area contributed by atoms with E-state index in [1.165, 1.54) is 11.8 Å². The van der Waals surface area contributed by atoms with E-state index in [2.05, 4.69) is 26.9 Å². The van der Waals surface area contributed by atoms with Crippen molar-refractivity contribution in [3.05, 3.63) is 71.1 Å². The summed E-state index contributed by atoms with van der Waals surface area (Å²) in [6.45, 7) is 11.4. The van der Waals surface area contributed by atoms with E-state index in [0.717, 1.165) is 35.7 Å². The first-order valence-electron chi connectivity index (χ1n) is 12.8. The molecule has 2 unspecified atom stereocenters. The number of alkyl halides is 3. The van der Waals surface area contributed by atoms with E-state index >= 15 is 0 Å². The van der Waals surface area contributed by atoms with Gasteiger partial charge in [-0.15, -0.1) is 0 Å². The number of hydrogen-bond donors (Lipinski definition) is 3. The van der Waals surface area contributed by atoms with Gasteiger partial charge in [-0.25, -0.2) is 14.2 Å². The maximum Gasteiger partial charge on any atom is 0.402 e. The first kappa shape index (κ1) is 29.9. The highest BCUT2D eigenvalue weighted by molar-refractivity contribution is 8.11. The number of ether oxygens (including phenoxy) is 1. The number of thioether (sulfide) groups is 1. The van der Waals surface area contributed by atoms with Gasteiger partial charge in [0.25, 0.3) is 0 Å². The molecule has 1 aliphatic heterocycles. The number of fused-ring (bicyclic) bond motifs is 1. The highest BCUT2D eigenvalue weighted by Gasteiger charge is 2.31. The highest BCUT2D eigenvalue weighted by atomic mass is 32.2. The fourth-order valence-electron chi connectivity index (χ4n) is 4.41. The second kappa shape index (κ2) is 13.0. The minimum atomic E-state index is -4.55. The summed E-state index contributed by atoms with van der Waals surface area (Å²) in [6, 6.07) is 10.9. The number of anilines is 2. The van der Waals surface area contributed by atoms with Crippen molar-refractivity contribution >= 4 is 50.1 Å². The molecule has 0 amide bonds. The number of aromatic nitrogens is 2. The Morgan fingerprint density at radius 1 is 1.25 bits per heavy atom. The predicted molar refractivity (Wildman–Crippen MR) is 159 cm³/mol. The SMILES string of the molecule is C=C(C)S/C(=C(\C)Oc1c(C)cc(NS(=O)CC(F)(F)F)c2ccccc12)c1ccnc(NC2CCCNC2)n1. The number of allylic oxidation sites excluding steroid dienone is 2. The van der Waals surface area contributed by atoms with Gasteiger partial charge >= 0.3 is 6.18 Å². The van der Waals surface area contributed by atoms with Gasteiger partial charge in [-0.05, 0) is 62.8 Å². The molecule has 1 fully saturated rings. The average Bonchev–Trinajstić information content (AvgIpc) is 2.89. The molecule has 12 heteroatoms. The lowest BCUT2D eigenvalue weighted by Crippen LogP contribution is -2.38. The van der Waals surface area contributed by atoms with Gasteiger partial charge in [0, 0.05) is 29.6 Å². The van der Waals surface area contributed by atoms with E-state index in [0.29, 0.717) is 45.2 Å². The molecule has 0 spiro atoms. The van der Waals surface area contributed by atoms with Gasteiger partial charge in [0.2, 0.25) is 5.95 Å². The smallest absolute Gasteiger partial charge is 0.402 e. The van der Waals surface area contributed by atoms with Crippen LogP contribution in [-0.4, -0.2) is 45.2 Å². The molecule has 2 heterocycles. The molecule has 1 aliphatic rings. The van der Waals surface area contributed by atoms with Crippen LogP contribution in [0.1, 0.15) is 37.9 Å². The lowest BCUT2D eigenvalue weighted by atomic mass is 10.0. The van der Waals surface area contributed by atoms with Crippen molar-refractivity contribution in [2.45, 2.75) is 45.8 Å². The van der Waals surface area contributed by atoms with E-state index < -0.39 is 22.9 Å². The molecule has 1 saturated heterocycles. The third-order valence-electron chi connectivity index (χ3n) is 6.07. The van der Waals surface area contributed by atoms with Gasteiger partial charge in [0.1, 0.15) is 28.2 Å². The Kier molecular flexibility index (Phi) is 9.75. The normalized spacial score (nSPS) is 17.2. The van der Waals surface area contributed by atoms with Crippen molar-refractivity contribution in [2.75, 3.05) is 28.9 Å². The Bertz CT molecular complexity index is 1440. The molecule has 7 nitrogen and oxygen atoms in total. The van der Waals surface area contributed by atoms with Crippen LogP contribution < -0.4 is 20.1 Å². The largest absolute Gasteiger partial charge is 0.460 e. The first-order valence-corrected chi connectivity index (χ1v) is 14.9. The van der Waals surface area contributed by atoms with Crippen LogP contribution >= 0.6 is 11.8 Å². The molecule has 0 radical (unpaired) electrons. The zero-order valence-electron chi connectivity index (χ0n) is 22.5. The molecule has 0 aliphatic carbocycles. The quantitative estimate of drug-likeness (QED) is 0.224. The molecule has 3 aromatic rings. The molecule has 4 rings (SSSR count). The second-order valence-electron chi connectivity index (χ2n) is 9.57. The summed E-state index contributed by atoms with van der Waals surface area (Å²) in [4.78, 5) is 10.8.